The number of hydrogen-bond acceptors (Lipinski definition) is 7. The first kappa shape index (κ1) is 12.5. The highest BCUT2D eigenvalue weighted by Crippen LogP contribution is 2.28. The summed E-state index contributed by atoms with van der Waals surface area (Å²) < 4.78 is 1.48. The van der Waals surface area contributed by atoms with Crippen molar-refractivity contribution in [2.75, 3.05) is 5.43 Å². The fourth-order valence-electron chi connectivity index (χ4n) is 1.83. The maximum Gasteiger partial charge on any atom is 0.251 e. The lowest BCUT2D eigenvalue weighted by atomic mass is 10.3. The van der Waals surface area contributed by atoms with Gasteiger partial charge in [0.2, 0.25) is 5.95 Å². The van der Waals surface area contributed by atoms with Crippen LogP contribution in [0.15, 0.2) is 18.5 Å². The predicted molar refractivity (Wildman–Crippen MR) is 75.6 cm³/mol. The Morgan fingerprint density at radius 3 is 2.90 bits per heavy atom. The minimum Gasteiger partial charge on any atom is -0.366 e. The fraction of sp³-hybridized carbons (Fsp3) is 0.0909. The van der Waals surface area contributed by atoms with E-state index in [1.54, 1.807) is 0 Å². The van der Waals surface area contributed by atoms with E-state index >= 15 is 0 Å². The Labute approximate surface area is 117 Å². The van der Waals surface area contributed by atoms with Crippen LogP contribution < -0.4 is 17.0 Å². The number of aromatic nitrogens is 4. The summed E-state index contributed by atoms with van der Waals surface area (Å²) in [7, 11) is 0. The van der Waals surface area contributed by atoms with Crippen LogP contribution in [-0.4, -0.2) is 25.7 Å². The van der Waals surface area contributed by atoms with Gasteiger partial charge in [0, 0.05) is 11.1 Å². The number of hydrogen-bond donors (Lipinski definition) is 3. The van der Waals surface area contributed by atoms with Gasteiger partial charge in [0.05, 0.1) is 17.1 Å². The van der Waals surface area contributed by atoms with Gasteiger partial charge < -0.3 is 5.73 Å². The quantitative estimate of drug-likeness (QED) is 0.478. The molecule has 0 saturated heterocycles. The molecule has 3 aromatic heterocycles. The van der Waals surface area contributed by atoms with Crippen LogP contribution >= 0.6 is 11.3 Å². The van der Waals surface area contributed by atoms with Crippen LogP contribution in [0.2, 0.25) is 0 Å². The van der Waals surface area contributed by atoms with Crippen LogP contribution in [-0.2, 0) is 0 Å². The molecule has 0 saturated carbocycles. The Morgan fingerprint density at radius 2 is 2.25 bits per heavy atom. The zero-order valence-electron chi connectivity index (χ0n) is 10.5. The van der Waals surface area contributed by atoms with Crippen LogP contribution in [0.5, 0.6) is 0 Å². The molecule has 0 spiro atoms. The number of primary amides is 1. The van der Waals surface area contributed by atoms with Crippen molar-refractivity contribution >= 4 is 33.4 Å². The van der Waals surface area contributed by atoms with Gasteiger partial charge in [-0.05, 0) is 13.0 Å². The number of fused-ring (bicyclic) bond motifs is 1. The highest BCUT2D eigenvalue weighted by molar-refractivity contribution is 7.18. The largest absolute Gasteiger partial charge is 0.366 e. The fourth-order valence-corrected chi connectivity index (χ4v) is 2.71. The molecule has 0 aliphatic rings. The molecule has 1 amide bonds. The van der Waals surface area contributed by atoms with E-state index in [2.05, 4.69) is 20.5 Å². The molecule has 0 radical (unpaired) electrons. The number of nitrogens with two attached hydrogens (primary N) is 2. The molecule has 0 aliphatic heterocycles. The monoisotopic (exact) mass is 289 g/mol. The lowest BCUT2D eigenvalue weighted by Crippen LogP contribution is -2.12. The summed E-state index contributed by atoms with van der Waals surface area (Å²) >= 11 is 1.52. The number of nitrogens with one attached hydrogen (secondary N) is 1. The minimum atomic E-state index is -0.541. The second kappa shape index (κ2) is 4.54. The summed E-state index contributed by atoms with van der Waals surface area (Å²) in [6.45, 7) is 1.98. The van der Waals surface area contributed by atoms with Gasteiger partial charge in [-0.25, -0.2) is 15.5 Å². The van der Waals surface area contributed by atoms with Crippen LogP contribution in [0.4, 0.5) is 5.95 Å². The van der Waals surface area contributed by atoms with Crippen molar-refractivity contribution in [2.45, 2.75) is 6.92 Å². The molecule has 5 N–H and O–H groups in total. The Morgan fingerprint density at radius 1 is 1.45 bits per heavy atom. The van der Waals surface area contributed by atoms with Gasteiger partial charge >= 0.3 is 0 Å². The molecule has 102 valence electrons. The first-order chi connectivity index (χ1) is 9.58. The molecule has 3 heterocycles. The van der Waals surface area contributed by atoms with Gasteiger partial charge in [0.15, 0.2) is 5.82 Å². The second-order valence-electron chi connectivity index (χ2n) is 4.13. The highest BCUT2D eigenvalue weighted by atomic mass is 32.1. The van der Waals surface area contributed by atoms with Crippen LogP contribution in [0.3, 0.4) is 0 Å². The Balaban J connectivity index is 2.24. The van der Waals surface area contributed by atoms with Gasteiger partial charge in [-0.15, -0.1) is 11.3 Å². The van der Waals surface area contributed by atoms with Crippen molar-refractivity contribution in [1.29, 1.82) is 0 Å². The zero-order valence-corrected chi connectivity index (χ0v) is 11.3. The molecule has 3 aromatic rings. The van der Waals surface area contributed by atoms with E-state index in [1.165, 1.54) is 28.4 Å². The van der Waals surface area contributed by atoms with E-state index < -0.39 is 5.91 Å². The SMILES string of the molecule is Cc1cc2c(-n3cc(C(N)=O)cn3)nc(NN)nc2s1. The third-order valence-corrected chi connectivity index (χ3v) is 3.65. The van der Waals surface area contributed by atoms with E-state index in [9.17, 15) is 4.79 Å². The van der Waals surface area contributed by atoms with E-state index in [4.69, 9.17) is 11.6 Å². The number of carbonyl (C=O) groups excluding carboxylic acids is 1. The first-order valence-electron chi connectivity index (χ1n) is 5.68. The van der Waals surface area contributed by atoms with Gasteiger partial charge in [0.1, 0.15) is 4.83 Å². The third kappa shape index (κ3) is 1.98. The Kier molecular flexibility index (Phi) is 2.84. The van der Waals surface area contributed by atoms with E-state index in [0.717, 1.165) is 15.1 Å². The van der Waals surface area contributed by atoms with Crippen LogP contribution in [0.25, 0.3) is 16.0 Å². The molecular weight excluding hydrogens is 278 g/mol. The van der Waals surface area contributed by atoms with E-state index in [0.29, 0.717) is 11.4 Å². The van der Waals surface area contributed by atoms with Gasteiger partial charge in [-0.2, -0.15) is 10.1 Å². The number of rotatable bonds is 3. The number of anilines is 1. The molecule has 9 heteroatoms. The van der Waals surface area contributed by atoms with Crippen molar-refractivity contribution in [1.82, 2.24) is 19.7 Å². The topological polar surface area (TPSA) is 125 Å². The molecule has 0 unspecified atom stereocenters. The number of amides is 1. The average Bonchev–Trinajstić information content (AvgIpc) is 3.02. The maximum absolute atomic E-state index is 11.1. The summed E-state index contributed by atoms with van der Waals surface area (Å²) in [5.74, 6) is 5.66. The molecular formula is C11H11N7OS. The third-order valence-electron chi connectivity index (χ3n) is 2.71. The Bertz CT molecular complexity index is 806. The lowest BCUT2D eigenvalue weighted by molar-refractivity contribution is 0.100. The van der Waals surface area contributed by atoms with E-state index in [-0.39, 0.29) is 5.95 Å². The van der Waals surface area contributed by atoms with Crippen molar-refractivity contribution in [3.8, 4) is 5.82 Å². The molecule has 8 nitrogen and oxygen atoms in total. The summed E-state index contributed by atoms with van der Waals surface area (Å²) in [5.41, 5.74) is 7.95. The van der Waals surface area contributed by atoms with Gasteiger partial charge in [-0.1, -0.05) is 0 Å². The van der Waals surface area contributed by atoms with Crippen LogP contribution in [0.1, 0.15) is 15.2 Å². The number of nitrogens with zero attached hydrogens (tertiary/aromatic N) is 4. The maximum atomic E-state index is 11.1. The van der Waals surface area contributed by atoms with Crippen molar-refractivity contribution < 1.29 is 4.79 Å². The molecule has 0 bridgehead atoms. The summed E-state index contributed by atoms with van der Waals surface area (Å²) in [6.07, 6.45) is 2.92. The van der Waals surface area contributed by atoms with Crippen LogP contribution in [0, 0.1) is 6.92 Å². The molecule has 0 aromatic carbocycles. The summed E-state index contributed by atoms with van der Waals surface area (Å²) in [6, 6.07) is 1.96. The average molecular weight is 289 g/mol. The normalized spacial score (nSPS) is 10.9. The number of nitrogen functional groups attached to an aromatic ring is 1. The molecule has 0 atom stereocenters. The number of thiophene rings is 1. The second-order valence-corrected chi connectivity index (χ2v) is 5.36. The number of aryl methyl sites for hydroxylation is 1. The highest BCUT2D eigenvalue weighted by Gasteiger charge is 2.14. The Hall–Kier alpha value is -2.52. The van der Waals surface area contributed by atoms with Crippen molar-refractivity contribution in [3.63, 3.8) is 0 Å². The zero-order chi connectivity index (χ0) is 14.3. The van der Waals surface area contributed by atoms with E-state index in [1.807, 2.05) is 13.0 Å². The predicted octanol–water partition coefficient (Wildman–Crippen LogP) is 0.570. The summed E-state index contributed by atoms with van der Waals surface area (Å²) in [5, 5.41) is 4.94. The standard InChI is InChI=1S/C11H11N7OS/c1-5-2-7-9(15-11(17-13)16-10(7)20-5)18-4-6(3-14-18)8(12)19/h2-4H,13H2,1H3,(H2,12,19)(H,15,16,17). The smallest absolute Gasteiger partial charge is 0.251 e. The lowest BCUT2D eigenvalue weighted by Gasteiger charge is -2.04. The molecule has 0 aliphatic carbocycles. The molecule has 0 fully saturated rings. The summed E-state index contributed by atoms with van der Waals surface area (Å²) in [4.78, 5) is 21.6. The number of carbonyl (C=O) groups is 1. The van der Waals surface area contributed by atoms with Gasteiger partial charge in [-0.3, -0.25) is 10.2 Å². The molecule has 3 rings (SSSR count). The number of hydrazine groups is 1. The molecule has 20 heavy (non-hydrogen) atoms. The van der Waals surface area contributed by atoms with Crippen molar-refractivity contribution in [2.24, 2.45) is 11.6 Å². The van der Waals surface area contributed by atoms with Crippen molar-refractivity contribution in [3.05, 3.63) is 28.9 Å². The minimum absolute atomic E-state index is 0.283. The first-order valence-corrected chi connectivity index (χ1v) is 6.50. The van der Waals surface area contributed by atoms with Gasteiger partial charge in [0.25, 0.3) is 5.91 Å².